The predicted molar refractivity (Wildman–Crippen MR) is 85.1 cm³/mol. The Hall–Kier alpha value is -2.12. The quantitative estimate of drug-likeness (QED) is 0.572. The first-order valence-corrected chi connectivity index (χ1v) is 7.97. The second kappa shape index (κ2) is 4.49. The van der Waals surface area contributed by atoms with Crippen LogP contribution in [-0.2, 0) is 0 Å². The van der Waals surface area contributed by atoms with Crippen LogP contribution in [0, 0.1) is 5.21 Å². The van der Waals surface area contributed by atoms with Gasteiger partial charge in [0.15, 0.2) is 11.5 Å². The summed E-state index contributed by atoms with van der Waals surface area (Å²) in [6.07, 6.45) is -1.83. The molecule has 0 bridgehead atoms. The van der Waals surface area contributed by atoms with Gasteiger partial charge in [-0.15, -0.1) is 0 Å². The Kier molecular flexibility index (Phi) is 2.66. The number of hydroxylamine groups is 3. The Morgan fingerprint density at radius 2 is 1.96 bits per heavy atom. The van der Waals surface area contributed by atoms with Gasteiger partial charge in [-0.1, -0.05) is 24.3 Å². The molecule has 0 aromatic heterocycles. The molecule has 1 aliphatic carbocycles. The monoisotopic (exact) mass is 327 g/mol. The Morgan fingerprint density at radius 3 is 2.79 bits per heavy atom. The summed E-state index contributed by atoms with van der Waals surface area (Å²) < 4.78 is 10.5. The Labute approximate surface area is 138 Å². The fourth-order valence-electron chi connectivity index (χ4n) is 4.38. The van der Waals surface area contributed by atoms with Crippen molar-refractivity contribution in [2.75, 3.05) is 20.4 Å². The highest BCUT2D eigenvalue weighted by atomic mass is 16.7. The lowest BCUT2D eigenvalue weighted by Crippen LogP contribution is -2.51. The van der Waals surface area contributed by atoms with E-state index < -0.39 is 22.9 Å². The van der Waals surface area contributed by atoms with E-state index in [1.807, 2.05) is 24.3 Å². The molecule has 0 unspecified atom stereocenters. The van der Waals surface area contributed by atoms with Crippen molar-refractivity contribution in [3.8, 4) is 22.6 Å². The molecular weight excluding hydrogens is 310 g/mol. The average molecular weight is 327 g/mol. The zero-order chi connectivity index (χ0) is 16.6. The van der Waals surface area contributed by atoms with Gasteiger partial charge in [0, 0.05) is 11.1 Å². The zero-order valence-electron chi connectivity index (χ0n) is 13.1. The minimum Gasteiger partial charge on any atom is -0.632 e. The van der Waals surface area contributed by atoms with E-state index in [4.69, 9.17) is 9.47 Å². The second-order valence-electron chi connectivity index (χ2n) is 6.84. The van der Waals surface area contributed by atoms with E-state index in [-0.39, 0.29) is 13.3 Å². The van der Waals surface area contributed by atoms with Crippen molar-refractivity contribution in [3.63, 3.8) is 0 Å². The molecule has 2 aromatic carbocycles. The van der Waals surface area contributed by atoms with E-state index in [0.717, 1.165) is 11.1 Å². The summed E-state index contributed by atoms with van der Waals surface area (Å²) in [6, 6.07) is 8.53. The lowest BCUT2D eigenvalue weighted by atomic mass is 9.74. The van der Waals surface area contributed by atoms with Crippen LogP contribution >= 0.6 is 0 Å². The highest BCUT2D eigenvalue weighted by Gasteiger charge is 2.49. The molecule has 24 heavy (non-hydrogen) atoms. The SMILES string of the molecule is C[N@@+]1([O-])C[C@H](O)c2cc3c(c4c2[C@@H]1[C@H](O)c1ccccc1-4)OCO3. The molecule has 124 valence electrons. The summed E-state index contributed by atoms with van der Waals surface area (Å²) >= 11 is 0. The van der Waals surface area contributed by atoms with Crippen LogP contribution in [0.3, 0.4) is 0 Å². The number of rotatable bonds is 0. The van der Waals surface area contributed by atoms with Gasteiger partial charge in [0.25, 0.3) is 0 Å². The molecule has 0 amide bonds. The molecule has 5 rings (SSSR count). The maximum atomic E-state index is 13.1. The number of hydrogen-bond donors (Lipinski definition) is 2. The molecule has 2 N–H and O–H groups in total. The van der Waals surface area contributed by atoms with Crippen LogP contribution in [0.4, 0.5) is 0 Å². The van der Waals surface area contributed by atoms with Crippen LogP contribution in [0.1, 0.15) is 34.9 Å². The van der Waals surface area contributed by atoms with Gasteiger partial charge < -0.3 is 29.5 Å². The average Bonchev–Trinajstić information content (AvgIpc) is 3.00. The molecule has 6 heteroatoms. The summed E-state index contributed by atoms with van der Waals surface area (Å²) in [5, 5.41) is 34.6. The van der Waals surface area contributed by atoms with Crippen molar-refractivity contribution in [2.45, 2.75) is 18.2 Å². The maximum absolute atomic E-state index is 13.1. The molecule has 2 aromatic rings. The number of ether oxygens (including phenoxy) is 2. The molecular formula is C18H17NO5. The van der Waals surface area contributed by atoms with Gasteiger partial charge in [0.1, 0.15) is 24.8 Å². The molecule has 3 aliphatic rings. The first-order valence-electron chi connectivity index (χ1n) is 7.97. The topological polar surface area (TPSA) is 82.0 Å². The number of likely N-dealkylation sites (N-methyl/N-ethyl adjacent to an activating group) is 1. The van der Waals surface area contributed by atoms with Crippen molar-refractivity contribution >= 4 is 0 Å². The second-order valence-corrected chi connectivity index (χ2v) is 6.84. The third-order valence-corrected chi connectivity index (χ3v) is 5.36. The lowest BCUT2D eigenvalue weighted by Gasteiger charge is -2.53. The van der Waals surface area contributed by atoms with Crippen LogP contribution in [0.15, 0.2) is 30.3 Å². The summed E-state index contributed by atoms with van der Waals surface area (Å²) in [7, 11) is 1.50. The normalized spacial score (nSPS) is 32.2. The smallest absolute Gasteiger partial charge is 0.231 e. The van der Waals surface area contributed by atoms with Crippen LogP contribution in [-0.4, -0.2) is 35.2 Å². The third-order valence-electron chi connectivity index (χ3n) is 5.36. The lowest BCUT2D eigenvalue weighted by molar-refractivity contribution is -0.904. The molecule has 2 aliphatic heterocycles. The highest BCUT2D eigenvalue weighted by Crippen LogP contribution is 2.59. The van der Waals surface area contributed by atoms with E-state index in [9.17, 15) is 15.4 Å². The molecule has 0 saturated heterocycles. The van der Waals surface area contributed by atoms with Crippen molar-refractivity contribution in [1.82, 2.24) is 0 Å². The van der Waals surface area contributed by atoms with Crippen molar-refractivity contribution < 1.29 is 24.3 Å². The summed E-state index contributed by atoms with van der Waals surface area (Å²) in [6.45, 7) is 0.107. The zero-order valence-corrected chi connectivity index (χ0v) is 13.1. The largest absolute Gasteiger partial charge is 0.632 e. The minimum absolute atomic E-state index is 0.00399. The van der Waals surface area contributed by atoms with Gasteiger partial charge in [-0.05, 0) is 22.8 Å². The molecule has 0 spiro atoms. The highest BCUT2D eigenvalue weighted by molar-refractivity contribution is 5.84. The number of aliphatic hydroxyl groups is 2. The van der Waals surface area contributed by atoms with Gasteiger partial charge in [0.2, 0.25) is 6.79 Å². The Balaban J connectivity index is 1.93. The molecule has 0 saturated carbocycles. The van der Waals surface area contributed by atoms with Gasteiger partial charge >= 0.3 is 0 Å². The van der Waals surface area contributed by atoms with E-state index in [2.05, 4.69) is 0 Å². The van der Waals surface area contributed by atoms with Crippen LogP contribution < -0.4 is 9.47 Å². The predicted octanol–water partition coefficient (Wildman–Crippen LogP) is 2.16. The molecule has 2 heterocycles. The maximum Gasteiger partial charge on any atom is 0.231 e. The molecule has 4 atom stereocenters. The number of aliphatic hydroxyl groups excluding tert-OH is 2. The van der Waals surface area contributed by atoms with Gasteiger partial charge in [-0.3, -0.25) is 0 Å². The number of fused-ring (bicyclic) bond motifs is 4. The van der Waals surface area contributed by atoms with E-state index in [0.29, 0.717) is 28.2 Å². The van der Waals surface area contributed by atoms with Gasteiger partial charge in [0.05, 0.1) is 7.05 Å². The van der Waals surface area contributed by atoms with Crippen molar-refractivity contribution in [3.05, 3.63) is 52.2 Å². The van der Waals surface area contributed by atoms with E-state index in [1.54, 1.807) is 6.07 Å². The Morgan fingerprint density at radius 1 is 1.17 bits per heavy atom. The summed E-state index contributed by atoms with van der Waals surface area (Å²) in [4.78, 5) is 0. The van der Waals surface area contributed by atoms with Crippen molar-refractivity contribution in [2.24, 2.45) is 0 Å². The fraction of sp³-hybridized carbons (Fsp3) is 0.333. The van der Waals surface area contributed by atoms with Crippen LogP contribution in [0.5, 0.6) is 11.5 Å². The van der Waals surface area contributed by atoms with E-state index >= 15 is 0 Å². The number of hydrogen-bond acceptors (Lipinski definition) is 5. The molecule has 0 radical (unpaired) electrons. The standard InChI is InChI=1S/C18H17NO5/c1-19(22)7-12(20)11-6-13-18(24-8-23-13)15-9-4-2-3-5-10(9)17(21)16(19)14(11)15/h2-6,12,16-17,20-21H,7-8H2,1H3/t12-,16+,17+,19+/m0/s1. The van der Waals surface area contributed by atoms with Crippen LogP contribution in [0.2, 0.25) is 0 Å². The van der Waals surface area contributed by atoms with E-state index in [1.165, 1.54) is 7.05 Å². The van der Waals surface area contributed by atoms with Crippen molar-refractivity contribution in [1.29, 1.82) is 0 Å². The molecule has 6 nitrogen and oxygen atoms in total. The first-order chi connectivity index (χ1) is 11.5. The minimum atomic E-state index is -0.928. The summed E-state index contributed by atoms with van der Waals surface area (Å²) in [5.74, 6) is 1.17. The summed E-state index contributed by atoms with van der Waals surface area (Å²) in [5.41, 5.74) is 3.64. The van der Waals surface area contributed by atoms with Crippen LogP contribution in [0.25, 0.3) is 11.1 Å². The fourth-order valence-corrected chi connectivity index (χ4v) is 4.38. The number of nitrogens with zero attached hydrogens (tertiary/aromatic N) is 1. The van der Waals surface area contributed by atoms with Gasteiger partial charge in [-0.2, -0.15) is 0 Å². The molecule has 0 fully saturated rings. The number of quaternary nitrogens is 1. The Bertz CT molecular complexity index is 863. The number of benzene rings is 2. The van der Waals surface area contributed by atoms with Gasteiger partial charge in [-0.25, -0.2) is 0 Å². The first kappa shape index (κ1) is 14.2. The third kappa shape index (κ3) is 1.63.